The zero-order chi connectivity index (χ0) is 16.3. The molecule has 1 saturated heterocycles. The van der Waals surface area contributed by atoms with Crippen molar-refractivity contribution in [3.63, 3.8) is 0 Å². The zero-order valence-corrected chi connectivity index (χ0v) is 15.5. The second-order valence-electron chi connectivity index (χ2n) is 7.85. The van der Waals surface area contributed by atoms with Crippen LogP contribution in [0.4, 0.5) is 0 Å². The Balaban J connectivity index is 2.57. The quantitative estimate of drug-likeness (QED) is 0.819. The summed E-state index contributed by atoms with van der Waals surface area (Å²) in [5, 5.41) is 3.44. The van der Waals surface area contributed by atoms with Crippen molar-refractivity contribution in [2.24, 2.45) is 17.3 Å². The Hall–Kier alpha value is -0.130. The van der Waals surface area contributed by atoms with E-state index in [0.717, 1.165) is 25.7 Å². The molecule has 0 radical (unpaired) electrons. The fourth-order valence-corrected chi connectivity index (χ4v) is 3.98. The van der Waals surface area contributed by atoms with Gasteiger partial charge in [-0.15, -0.1) is 0 Å². The molecular formula is C16H34N2O2S. The predicted molar refractivity (Wildman–Crippen MR) is 89.8 cm³/mol. The van der Waals surface area contributed by atoms with Crippen LogP contribution in [0.25, 0.3) is 0 Å². The summed E-state index contributed by atoms with van der Waals surface area (Å²) in [5.41, 5.74) is 0.320. The Morgan fingerprint density at radius 3 is 2.43 bits per heavy atom. The maximum absolute atomic E-state index is 11.7. The van der Waals surface area contributed by atoms with Crippen molar-refractivity contribution in [3.8, 4) is 0 Å². The number of sulfonamides is 1. The van der Waals surface area contributed by atoms with Gasteiger partial charge in [0.15, 0.2) is 0 Å². The molecule has 1 N–H and O–H groups in total. The van der Waals surface area contributed by atoms with Gasteiger partial charge in [-0.1, -0.05) is 27.7 Å². The SMILES string of the molecule is CNC(CC1CCCN(S(C)(=O)=O)C1)CC(C)C(C)(C)C. The van der Waals surface area contributed by atoms with Gasteiger partial charge in [-0.05, 0) is 50.0 Å². The lowest BCUT2D eigenvalue weighted by atomic mass is 9.77. The van der Waals surface area contributed by atoms with E-state index in [9.17, 15) is 8.42 Å². The van der Waals surface area contributed by atoms with Crippen LogP contribution in [-0.2, 0) is 10.0 Å². The van der Waals surface area contributed by atoms with Gasteiger partial charge in [-0.2, -0.15) is 0 Å². The largest absolute Gasteiger partial charge is 0.317 e. The zero-order valence-electron chi connectivity index (χ0n) is 14.6. The van der Waals surface area contributed by atoms with Gasteiger partial charge < -0.3 is 5.32 Å². The van der Waals surface area contributed by atoms with Gasteiger partial charge in [0.1, 0.15) is 0 Å². The molecule has 0 aromatic heterocycles. The molecule has 4 nitrogen and oxygen atoms in total. The van der Waals surface area contributed by atoms with Gasteiger partial charge in [-0.25, -0.2) is 12.7 Å². The van der Waals surface area contributed by atoms with Crippen molar-refractivity contribution >= 4 is 10.0 Å². The first-order valence-corrected chi connectivity index (χ1v) is 10.0. The highest BCUT2D eigenvalue weighted by atomic mass is 32.2. The van der Waals surface area contributed by atoms with Crippen molar-refractivity contribution in [1.82, 2.24) is 9.62 Å². The second kappa shape index (κ2) is 7.42. The van der Waals surface area contributed by atoms with Gasteiger partial charge in [-0.3, -0.25) is 0 Å². The minimum Gasteiger partial charge on any atom is -0.317 e. The van der Waals surface area contributed by atoms with Gasteiger partial charge in [0.2, 0.25) is 10.0 Å². The minimum absolute atomic E-state index is 0.320. The van der Waals surface area contributed by atoms with Crippen LogP contribution < -0.4 is 5.32 Å². The molecule has 0 spiro atoms. The van der Waals surface area contributed by atoms with Gasteiger partial charge in [0.05, 0.1) is 6.26 Å². The number of piperidine rings is 1. The van der Waals surface area contributed by atoms with Crippen LogP contribution >= 0.6 is 0 Å². The molecule has 0 saturated carbocycles. The third-order valence-electron chi connectivity index (χ3n) is 5.09. The van der Waals surface area contributed by atoms with Crippen LogP contribution in [0.2, 0.25) is 0 Å². The summed E-state index contributed by atoms with van der Waals surface area (Å²) in [7, 11) is -1.01. The highest BCUT2D eigenvalue weighted by Crippen LogP contribution is 2.31. The van der Waals surface area contributed by atoms with E-state index in [1.54, 1.807) is 4.31 Å². The lowest BCUT2D eigenvalue weighted by Gasteiger charge is -2.35. The second-order valence-corrected chi connectivity index (χ2v) is 9.84. The molecule has 0 aromatic carbocycles. The summed E-state index contributed by atoms with van der Waals surface area (Å²) < 4.78 is 25.1. The monoisotopic (exact) mass is 318 g/mol. The Labute approximate surface area is 131 Å². The molecular weight excluding hydrogens is 284 g/mol. The lowest BCUT2D eigenvalue weighted by molar-refractivity contribution is 0.193. The number of nitrogens with zero attached hydrogens (tertiary/aromatic N) is 1. The molecule has 0 aliphatic carbocycles. The Kier molecular flexibility index (Phi) is 6.69. The molecule has 5 heteroatoms. The van der Waals surface area contributed by atoms with Gasteiger partial charge in [0, 0.05) is 19.1 Å². The lowest BCUT2D eigenvalue weighted by Crippen LogP contribution is -2.42. The fraction of sp³-hybridized carbons (Fsp3) is 1.00. The molecule has 21 heavy (non-hydrogen) atoms. The third kappa shape index (κ3) is 6.25. The van der Waals surface area contributed by atoms with Gasteiger partial charge >= 0.3 is 0 Å². The highest BCUT2D eigenvalue weighted by molar-refractivity contribution is 7.88. The summed E-state index contributed by atoms with van der Waals surface area (Å²) in [5.74, 6) is 1.13. The van der Waals surface area contributed by atoms with E-state index in [2.05, 4.69) is 33.0 Å². The summed E-state index contributed by atoms with van der Waals surface area (Å²) in [6, 6.07) is 0.476. The number of hydrogen-bond donors (Lipinski definition) is 1. The third-order valence-corrected chi connectivity index (χ3v) is 6.36. The van der Waals surface area contributed by atoms with Gasteiger partial charge in [0.25, 0.3) is 0 Å². The highest BCUT2D eigenvalue weighted by Gasteiger charge is 2.29. The van der Waals surface area contributed by atoms with E-state index in [1.807, 2.05) is 7.05 Å². The first-order chi connectivity index (χ1) is 9.54. The number of rotatable bonds is 6. The molecule has 3 unspecified atom stereocenters. The number of hydrogen-bond acceptors (Lipinski definition) is 3. The molecule has 1 fully saturated rings. The number of nitrogens with one attached hydrogen (secondary N) is 1. The predicted octanol–water partition coefficient (Wildman–Crippen LogP) is 2.71. The van der Waals surface area contributed by atoms with Crippen LogP contribution in [0.3, 0.4) is 0 Å². The molecule has 1 rings (SSSR count). The molecule has 0 bridgehead atoms. The topological polar surface area (TPSA) is 49.4 Å². The van der Waals surface area contributed by atoms with E-state index >= 15 is 0 Å². The fourth-order valence-electron chi connectivity index (χ4n) is 3.04. The summed E-state index contributed by atoms with van der Waals surface area (Å²) in [6.45, 7) is 10.6. The van der Waals surface area contributed by atoms with Crippen molar-refractivity contribution in [3.05, 3.63) is 0 Å². The average molecular weight is 319 g/mol. The molecule has 1 heterocycles. The normalized spacial score (nSPS) is 24.8. The summed E-state index contributed by atoms with van der Waals surface area (Å²) in [6.07, 6.45) is 5.68. The maximum atomic E-state index is 11.7. The van der Waals surface area contributed by atoms with E-state index in [-0.39, 0.29) is 0 Å². The van der Waals surface area contributed by atoms with Crippen LogP contribution in [0.15, 0.2) is 0 Å². The first kappa shape index (κ1) is 18.9. The van der Waals surface area contributed by atoms with Crippen LogP contribution in [-0.4, -0.2) is 45.2 Å². The van der Waals surface area contributed by atoms with Crippen LogP contribution in [0, 0.1) is 17.3 Å². The van der Waals surface area contributed by atoms with Crippen LogP contribution in [0.5, 0.6) is 0 Å². The van der Waals surface area contributed by atoms with E-state index in [4.69, 9.17) is 0 Å². The summed E-state index contributed by atoms with van der Waals surface area (Å²) in [4.78, 5) is 0. The van der Waals surface area contributed by atoms with E-state index < -0.39 is 10.0 Å². The Bertz CT molecular complexity index is 414. The minimum atomic E-state index is -3.03. The van der Waals surface area contributed by atoms with E-state index in [1.165, 1.54) is 6.26 Å². The molecule has 126 valence electrons. The molecule has 1 aliphatic rings. The molecule has 1 aliphatic heterocycles. The van der Waals surface area contributed by atoms with Crippen molar-refractivity contribution in [2.75, 3.05) is 26.4 Å². The standard InChI is InChI=1S/C16H34N2O2S/c1-13(16(2,3)4)10-15(17-5)11-14-8-7-9-18(12-14)21(6,19)20/h13-15,17H,7-12H2,1-6H3. The van der Waals surface area contributed by atoms with E-state index in [0.29, 0.717) is 36.4 Å². The molecule has 3 atom stereocenters. The summed E-state index contributed by atoms with van der Waals surface area (Å²) >= 11 is 0. The smallest absolute Gasteiger partial charge is 0.211 e. The maximum Gasteiger partial charge on any atom is 0.211 e. The van der Waals surface area contributed by atoms with Crippen LogP contribution in [0.1, 0.15) is 53.4 Å². The Morgan fingerprint density at radius 2 is 1.95 bits per heavy atom. The average Bonchev–Trinajstić information content (AvgIpc) is 2.36. The molecule has 0 amide bonds. The van der Waals surface area contributed by atoms with Crippen molar-refractivity contribution in [2.45, 2.75) is 59.4 Å². The first-order valence-electron chi connectivity index (χ1n) is 8.16. The van der Waals surface area contributed by atoms with Crippen molar-refractivity contribution in [1.29, 1.82) is 0 Å². The molecule has 0 aromatic rings. The van der Waals surface area contributed by atoms with Crippen molar-refractivity contribution < 1.29 is 8.42 Å². The Morgan fingerprint density at radius 1 is 1.33 bits per heavy atom.